The van der Waals surface area contributed by atoms with Crippen LogP contribution in [0, 0.1) is 13.8 Å². The number of sulfonamides is 1. The van der Waals surface area contributed by atoms with Gasteiger partial charge in [-0.25, -0.2) is 8.42 Å². The first-order chi connectivity index (χ1) is 16.8. The molecule has 1 saturated heterocycles. The van der Waals surface area contributed by atoms with Gasteiger partial charge < -0.3 is 5.32 Å². The molecule has 0 bridgehead atoms. The van der Waals surface area contributed by atoms with Crippen LogP contribution >= 0.6 is 0 Å². The predicted octanol–water partition coefficient (Wildman–Crippen LogP) is 4.41. The van der Waals surface area contributed by atoms with Crippen molar-refractivity contribution in [1.29, 1.82) is 0 Å². The standard InChI is InChI=1S/C28H33N3O3S/c1-22-5-13-26(14-6-22)31(35(33,34)27-15-7-23(2)8-16-27)21-28(32)29-19-24-9-11-25(12-10-24)20-30-17-3-4-18-30/h5-16H,3-4,17-21H2,1-2H3,(H,29,32). The normalized spacial score (nSPS) is 14.1. The summed E-state index contributed by atoms with van der Waals surface area (Å²) in [6, 6.07) is 22.0. The highest BCUT2D eigenvalue weighted by atomic mass is 32.2. The van der Waals surface area contributed by atoms with Gasteiger partial charge in [0, 0.05) is 13.1 Å². The molecule has 7 heteroatoms. The van der Waals surface area contributed by atoms with E-state index in [0.717, 1.165) is 36.3 Å². The van der Waals surface area contributed by atoms with E-state index >= 15 is 0 Å². The average molecular weight is 492 g/mol. The van der Waals surface area contributed by atoms with Gasteiger partial charge in [0.25, 0.3) is 10.0 Å². The largest absolute Gasteiger partial charge is 0.350 e. The molecule has 1 fully saturated rings. The summed E-state index contributed by atoms with van der Waals surface area (Å²) < 4.78 is 28.1. The predicted molar refractivity (Wildman–Crippen MR) is 140 cm³/mol. The Bertz CT molecular complexity index is 1230. The number of benzene rings is 3. The molecule has 1 N–H and O–H groups in total. The van der Waals surface area contributed by atoms with Gasteiger partial charge in [0.1, 0.15) is 6.54 Å². The van der Waals surface area contributed by atoms with Gasteiger partial charge in [0.15, 0.2) is 0 Å². The zero-order valence-electron chi connectivity index (χ0n) is 20.4. The Kier molecular flexibility index (Phi) is 7.88. The van der Waals surface area contributed by atoms with Crippen LogP contribution in [0.1, 0.15) is 35.1 Å². The van der Waals surface area contributed by atoms with E-state index in [2.05, 4.69) is 22.3 Å². The third-order valence-corrected chi connectivity index (χ3v) is 8.12. The molecule has 1 amide bonds. The minimum absolute atomic E-state index is 0.157. The summed E-state index contributed by atoms with van der Waals surface area (Å²) in [5, 5.41) is 2.88. The molecule has 0 aliphatic carbocycles. The molecular formula is C28H33N3O3S. The number of amides is 1. The Morgan fingerprint density at radius 1 is 0.829 bits per heavy atom. The van der Waals surface area contributed by atoms with E-state index in [9.17, 15) is 13.2 Å². The lowest BCUT2D eigenvalue weighted by Crippen LogP contribution is -2.40. The van der Waals surface area contributed by atoms with Crippen molar-refractivity contribution in [2.45, 2.75) is 44.7 Å². The fourth-order valence-corrected chi connectivity index (χ4v) is 5.63. The van der Waals surface area contributed by atoms with Gasteiger partial charge in [0.05, 0.1) is 10.6 Å². The van der Waals surface area contributed by atoms with E-state index in [1.54, 1.807) is 36.4 Å². The van der Waals surface area contributed by atoms with Gasteiger partial charge in [-0.3, -0.25) is 14.0 Å². The lowest BCUT2D eigenvalue weighted by Gasteiger charge is -2.24. The highest BCUT2D eigenvalue weighted by Gasteiger charge is 2.27. The fourth-order valence-electron chi connectivity index (χ4n) is 4.21. The number of anilines is 1. The second kappa shape index (κ2) is 11.1. The smallest absolute Gasteiger partial charge is 0.264 e. The van der Waals surface area contributed by atoms with Crippen molar-refractivity contribution in [1.82, 2.24) is 10.2 Å². The second-order valence-corrected chi connectivity index (χ2v) is 11.1. The van der Waals surface area contributed by atoms with Crippen LogP contribution in [0.4, 0.5) is 5.69 Å². The summed E-state index contributed by atoms with van der Waals surface area (Å²) in [6.45, 7) is 7.14. The quantitative estimate of drug-likeness (QED) is 0.481. The number of nitrogens with one attached hydrogen (secondary N) is 1. The van der Waals surface area contributed by atoms with E-state index in [4.69, 9.17) is 0 Å². The van der Waals surface area contributed by atoms with Crippen LogP contribution in [0.15, 0.2) is 77.7 Å². The Morgan fingerprint density at radius 3 is 1.97 bits per heavy atom. The zero-order valence-corrected chi connectivity index (χ0v) is 21.2. The SMILES string of the molecule is Cc1ccc(N(CC(=O)NCc2ccc(CN3CCCC3)cc2)S(=O)(=O)c2ccc(C)cc2)cc1. The Morgan fingerprint density at radius 2 is 1.37 bits per heavy atom. The molecule has 184 valence electrons. The first-order valence-electron chi connectivity index (χ1n) is 12.0. The maximum atomic E-state index is 13.5. The van der Waals surface area contributed by atoms with Crippen LogP contribution in [-0.2, 0) is 27.9 Å². The molecule has 1 aliphatic heterocycles. The highest BCUT2D eigenvalue weighted by molar-refractivity contribution is 7.92. The molecule has 0 radical (unpaired) electrons. The number of aryl methyl sites for hydroxylation is 2. The Hall–Kier alpha value is -3.16. The monoisotopic (exact) mass is 491 g/mol. The van der Waals surface area contributed by atoms with Crippen molar-refractivity contribution >= 4 is 21.6 Å². The topological polar surface area (TPSA) is 69.7 Å². The van der Waals surface area contributed by atoms with Gasteiger partial charge in [-0.05, 0) is 75.2 Å². The number of nitrogens with zero attached hydrogens (tertiary/aromatic N) is 2. The molecule has 4 rings (SSSR count). The summed E-state index contributed by atoms with van der Waals surface area (Å²) in [6.07, 6.45) is 2.53. The first kappa shape index (κ1) is 24.9. The van der Waals surface area contributed by atoms with Crippen LogP contribution in [0.2, 0.25) is 0 Å². The summed E-state index contributed by atoms with van der Waals surface area (Å²) in [7, 11) is -3.91. The maximum Gasteiger partial charge on any atom is 0.264 e. The van der Waals surface area contributed by atoms with Gasteiger partial charge in [-0.1, -0.05) is 59.7 Å². The van der Waals surface area contributed by atoms with Crippen molar-refractivity contribution in [3.63, 3.8) is 0 Å². The minimum atomic E-state index is -3.91. The molecule has 0 spiro atoms. The molecule has 1 aliphatic rings. The lowest BCUT2D eigenvalue weighted by molar-refractivity contribution is -0.119. The zero-order chi connectivity index (χ0) is 24.8. The average Bonchev–Trinajstić information content (AvgIpc) is 3.36. The molecule has 1 heterocycles. The molecule has 3 aromatic carbocycles. The van der Waals surface area contributed by atoms with Gasteiger partial charge in [-0.15, -0.1) is 0 Å². The molecule has 0 unspecified atom stereocenters. The van der Waals surface area contributed by atoms with Crippen LogP contribution in [0.5, 0.6) is 0 Å². The van der Waals surface area contributed by atoms with Crippen molar-refractivity contribution in [3.05, 3.63) is 95.1 Å². The van der Waals surface area contributed by atoms with Crippen molar-refractivity contribution in [2.75, 3.05) is 23.9 Å². The maximum absolute atomic E-state index is 13.5. The second-order valence-electron chi connectivity index (χ2n) is 9.24. The number of rotatable bonds is 9. The van der Waals surface area contributed by atoms with Crippen LogP contribution < -0.4 is 9.62 Å². The molecule has 3 aromatic rings. The summed E-state index contributed by atoms with van der Waals surface area (Å²) >= 11 is 0. The number of carbonyl (C=O) groups is 1. The van der Waals surface area contributed by atoms with Gasteiger partial charge in [0.2, 0.25) is 5.91 Å². The van der Waals surface area contributed by atoms with Crippen molar-refractivity contribution in [3.8, 4) is 0 Å². The lowest BCUT2D eigenvalue weighted by atomic mass is 10.1. The molecule has 6 nitrogen and oxygen atoms in total. The van der Waals surface area contributed by atoms with E-state index in [-0.39, 0.29) is 17.3 Å². The number of hydrogen-bond donors (Lipinski definition) is 1. The highest BCUT2D eigenvalue weighted by Crippen LogP contribution is 2.24. The molecule has 35 heavy (non-hydrogen) atoms. The summed E-state index contributed by atoms with van der Waals surface area (Å²) in [4.78, 5) is 15.5. The molecule has 0 saturated carbocycles. The van der Waals surface area contributed by atoms with Gasteiger partial charge >= 0.3 is 0 Å². The van der Waals surface area contributed by atoms with Crippen molar-refractivity contribution < 1.29 is 13.2 Å². The summed E-state index contributed by atoms with van der Waals surface area (Å²) in [5.74, 6) is -0.359. The fraction of sp³-hybridized carbons (Fsp3) is 0.321. The van der Waals surface area contributed by atoms with Crippen LogP contribution in [0.25, 0.3) is 0 Å². The number of carbonyl (C=O) groups excluding carboxylic acids is 1. The van der Waals surface area contributed by atoms with E-state index in [0.29, 0.717) is 12.2 Å². The Balaban J connectivity index is 1.44. The van der Waals surface area contributed by atoms with Crippen molar-refractivity contribution in [2.24, 2.45) is 0 Å². The van der Waals surface area contributed by atoms with Crippen LogP contribution in [0.3, 0.4) is 0 Å². The Labute approximate surface area is 208 Å². The summed E-state index contributed by atoms with van der Waals surface area (Å²) in [5.41, 5.74) is 4.68. The van der Waals surface area contributed by atoms with Gasteiger partial charge in [-0.2, -0.15) is 0 Å². The minimum Gasteiger partial charge on any atom is -0.350 e. The van der Waals surface area contributed by atoms with E-state index < -0.39 is 10.0 Å². The first-order valence-corrected chi connectivity index (χ1v) is 13.5. The van der Waals surface area contributed by atoms with E-state index in [1.807, 2.05) is 38.1 Å². The number of hydrogen-bond acceptors (Lipinski definition) is 4. The van der Waals surface area contributed by atoms with Crippen LogP contribution in [-0.4, -0.2) is 38.9 Å². The van der Waals surface area contributed by atoms with E-state index in [1.165, 1.54) is 22.7 Å². The molecule has 0 atom stereocenters. The molecular weight excluding hydrogens is 458 g/mol. The third-order valence-electron chi connectivity index (χ3n) is 6.34. The number of likely N-dealkylation sites (tertiary alicyclic amines) is 1. The third kappa shape index (κ3) is 6.50. The molecule has 0 aromatic heterocycles.